The summed E-state index contributed by atoms with van der Waals surface area (Å²) in [6.07, 6.45) is 0. The SMILES string of the molecule is O=C1c2c(ccc(Cl)c2O)C(=O)c2c(Cl)ccc(O)c21. The van der Waals surface area contributed by atoms with Gasteiger partial charge in [-0.3, -0.25) is 9.59 Å². The number of carbonyl (C=O) groups is 2. The zero-order chi connectivity index (χ0) is 14.6. The zero-order valence-corrected chi connectivity index (χ0v) is 11.3. The lowest BCUT2D eigenvalue weighted by atomic mass is 9.83. The van der Waals surface area contributed by atoms with Gasteiger partial charge in [-0.1, -0.05) is 23.2 Å². The van der Waals surface area contributed by atoms with Crippen molar-refractivity contribution in [3.05, 3.63) is 56.6 Å². The smallest absolute Gasteiger partial charge is 0.202 e. The molecule has 0 atom stereocenters. The van der Waals surface area contributed by atoms with E-state index in [1.807, 2.05) is 0 Å². The molecule has 1 aliphatic carbocycles. The molecule has 3 rings (SSSR count). The highest BCUT2D eigenvalue weighted by molar-refractivity contribution is 6.40. The summed E-state index contributed by atoms with van der Waals surface area (Å²) in [4.78, 5) is 24.8. The van der Waals surface area contributed by atoms with E-state index in [2.05, 4.69) is 0 Å². The third-order valence-corrected chi connectivity index (χ3v) is 3.81. The Bertz CT molecular complexity index is 792. The summed E-state index contributed by atoms with van der Waals surface area (Å²) in [5.74, 6) is -2.07. The first-order valence-corrected chi connectivity index (χ1v) is 6.31. The second kappa shape index (κ2) is 4.23. The summed E-state index contributed by atoms with van der Waals surface area (Å²) in [6.45, 7) is 0. The molecule has 0 radical (unpaired) electrons. The Morgan fingerprint density at radius 1 is 0.750 bits per heavy atom. The van der Waals surface area contributed by atoms with Crippen LogP contribution in [-0.2, 0) is 0 Å². The molecule has 100 valence electrons. The molecular weight excluding hydrogens is 303 g/mol. The molecule has 0 amide bonds. The number of aromatic hydroxyl groups is 2. The molecule has 0 spiro atoms. The van der Waals surface area contributed by atoms with E-state index in [1.54, 1.807) is 0 Å². The Balaban J connectivity index is 2.43. The highest BCUT2D eigenvalue weighted by Gasteiger charge is 2.36. The van der Waals surface area contributed by atoms with Gasteiger partial charge >= 0.3 is 0 Å². The maximum absolute atomic E-state index is 12.4. The first kappa shape index (κ1) is 13.0. The van der Waals surface area contributed by atoms with Crippen molar-refractivity contribution in [3.8, 4) is 11.5 Å². The Kier molecular flexibility index (Phi) is 2.74. The topological polar surface area (TPSA) is 74.6 Å². The van der Waals surface area contributed by atoms with E-state index in [-0.39, 0.29) is 38.0 Å². The Morgan fingerprint density at radius 2 is 1.40 bits per heavy atom. The van der Waals surface area contributed by atoms with Crippen LogP contribution in [0.1, 0.15) is 31.8 Å². The van der Waals surface area contributed by atoms with Crippen LogP contribution in [0.25, 0.3) is 0 Å². The van der Waals surface area contributed by atoms with Crippen LogP contribution in [0.3, 0.4) is 0 Å². The van der Waals surface area contributed by atoms with Crippen LogP contribution in [0.5, 0.6) is 11.5 Å². The number of phenols is 2. The summed E-state index contributed by atoms with van der Waals surface area (Å²) in [5.41, 5.74) is -0.483. The van der Waals surface area contributed by atoms with Crippen LogP contribution in [-0.4, -0.2) is 21.8 Å². The van der Waals surface area contributed by atoms with Crippen LogP contribution < -0.4 is 0 Å². The van der Waals surface area contributed by atoms with Gasteiger partial charge < -0.3 is 10.2 Å². The van der Waals surface area contributed by atoms with E-state index in [1.165, 1.54) is 24.3 Å². The van der Waals surface area contributed by atoms with Crippen molar-refractivity contribution in [2.24, 2.45) is 0 Å². The third kappa shape index (κ3) is 1.55. The van der Waals surface area contributed by atoms with E-state index < -0.39 is 17.3 Å². The van der Waals surface area contributed by atoms with Crippen molar-refractivity contribution in [3.63, 3.8) is 0 Å². The summed E-state index contributed by atoms with van der Waals surface area (Å²) in [5, 5.41) is 19.7. The van der Waals surface area contributed by atoms with Crippen molar-refractivity contribution in [1.82, 2.24) is 0 Å². The molecule has 2 aromatic carbocycles. The van der Waals surface area contributed by atoms with Crippen LogP contribution in [0.2, 0.25) is 10.0 Å². The van der Waals surface area contributed by atoms with E-state index >= 15 is 0 Å². The number of hydrogen-bond donors (Lipinski definition) is 2. The zero-order valence-electron chi connectivity index (χ0n) is 9.78. The number of halogens is 2. The summed E-state index contributed by atoms with van der Waals surface area (Å²) in [7, 11) is 0. The van der Waals surface area contributed by atoms with Crippen LogP contribution in [0.15, 0.2) is 24.3 Å². The van der Waals surface area contributed by atoms with E-state index in [0.29, 0.717) is 0 Å². The fraction of sp³-hybridized carbons (Fsp3) is 0. The van der Waals surface area contributed by atoms with Gasteiger partial charge in [-0.15, -0.1) is 0 Å². The number of fused-ring (bicyclic) bond motifs is 2. The molecule has 0 fully saturated rings. The van der Waals surface area contributed by atoms with Gasteiger partial charge in [0.25, 0.3) is 0 Å². The van der Waals surface area contributed by atoms with Gasteiger partial charge in [-0.25, -0.2) is 0 Å². The quantitative estimate of drug-likeness (QED) is 0.669. The molecule has 20 heavy (non-hydrogen) atoms. The highest BCUT2D eigenvalue weighted by atomic mass is 35.5. The molecule has 0 aliphatic heterocycles. The maximum atomic E-state index is 12.4. The minimum Gasteiger partial charge on any atom is -0.507 e. The molecule has 6 heteroatoms. The largest absolute Gasteiger partial charge is 0.507 e. The van der Waals surface area contributed by atoms with E-state index in [0.717, 1.165) is 0 Å². The lowest BCUT2D eigenvalue weighted by molar-refractivity contribution is 0.0974. The second-order valence-corrected chi connectivity index (χ2v) is 5.11. The monoisotopic (exact) mass is 308 g/mol. The van der Waals surface area contributed by atoms with Gasteiger partial charge in [0, 0.05) is 5.56 Å². The Hall–Kier alpha value is -2.04. The van der Waals surface area contributed by atoms with Crippen molar-refractivity contribution in [1.29, 1.82) is 0 Å². The van der Waals surface area contributed by atoms with Gasteiger partial charge in [0.1, 0.15) is 11.5 Å². The number of rotatable bonds is 0. The van der Waals surface area contributed by atoms with Gasteiger partial charge in [-0.2, -0.15) is 0 Å². The third-order valence-electron chi connectivity index (χ3n) is 3.19. The molecule has 2 N–H and O–H groups in total. The molecule has 0 saturated heterocycles. The first-order chi connectivity index (χ1) is 9.43. The highest BCUT2D eigenvalue weighted by Crippen LogP contribution is 2.41. The fourth-order valence-corrected chi connectivity index (χ4v) is 2.66. The number of carbonyl (C=O) groups excluding carboxylic acids is 2. The van der Waals surface area contributed by atoms with E-state index in [9.17, 15) is 19.8 Å². The molecule has 0 bridgehead atoms. The molecule has 0 aromatic heterocycles. The van der Waals surface area contributed by atoms with E-state index in [4.69, 9.17) is 23.2 Å². The predicted octanol–water partition coefficient (Wildman–Crippen LogP) is 3.18. The first-order valence-electron chi connectivity index (χ1n) is 5.55. The van der Waals surface area contributed by atoms with Crippen molar-refractivity contribution in [2.45, 2.75) is 0 Å². The van der Waals surface area contributed by atoms with Crippen molar-refractivity contribution in [2.75, 3.05) is 0 Å². The van der Waals surface area contributed by atoms with Gasteiger partial charge in [-0.05, 0) is 24.3 Å². The fourth-order valence-electron chi connectivity index (χ4n) is 2.26. The van der Waals surface area contributed by atoms with Gasteiger partial charge in [0.05, 0.1) is 26.7 Å². The maximum Gasteiger partial charge on any atom is 0.202 e. The van der Waals surface area contributed by atoms with Crippen LogP contribution in [0, 0.1) is 0 Å². The molecule has 0 saturated carbocycles. The predicted molar refractivity (Wildman–Crippen MR) is 73.1 cm³/mol. The minimum absolute atomic E-state index is 0.0110. The lowest BCUT2D eigenvalue weighted by Gasteiger charge is -2.20. The number of benzene rings is 2. The summed E-state index contributed by atoms with van der Waals surface area (Å²) >= 11 is 11.7. The molecule has 1 aliphatic rings. The lowest BCUT2D eigenvalue weighted by Crippen LogP contribution is -2.21. The van der Waals surface area contributed by atoms with Gasteiger partial charge in [0.15, 0.2) is 5.78 Å². The molecular formula is C14H6Cl2O4. The Morgan fingerprint density at radius 3 is 2.10 bits per heavy atom. The van der Waals surface area contributed by atoms with Crippen LogP contribution in [0.4, 0.5) is 0 Å². The second-order valence-electron chi connectivity index (χ2n) is 4.29. The molecule has 4 nitrogen and oxygen atoms in total. The van der Waals surface area contributed by atoms with Crippen molar-refractivity contribution >= 4 is 34.8 Å². The molecule has 0 heterocycles. The molecule has 2 aromatic rings. The normalized spacial score (nSPS) is 13.1. The van der Waals surface area contributed by atoms with Crippen molar-refractivity contribution < 1.29 is 19.8 Å². The average Bonchev–Trinajstić information content (AvgIpc) is 2.41. The molecule has 0 unspecified atom stereocenters. The average molecular weight is 309 g/mol. The number of hydrogen-bond acceptors (Lipinski definition) is 4. The minimum atomic E-state index is -0.686. The van der Waals surface area contributed by atoms with Crippen LogP contribution >= 0.6 is 23.2 Å². The number of phenolic OH excluding ortho intramolecular Hbond substituents is 2. The summed E-state index contributed by atoms with van der Waals surface area (Å²) in [6, 6.07) is 5.23. The Labute approximate surface area is 123 Å². The van der Waals surface area contributed by atoms with Gasteiger partial charge in [0.2, 0.25) is 5.78 Å². The standard InChI is InChI=1S/C14H6Cl2O4/c15-6-3-4-8(17)11-10(6)12(18)5-1-2-7(16)13(19)9(5)14(11)20/h1-4,17,19H. The summed E-state index contributed by atoms with van der Waals surface area (Å²) < 4.78 is 0. The number of ketones is 2.